The predicted molar refractivity (Wildman–Crippen MR) is 128 cm³/mol. The lowest BCUT2D eigenvalue weighted by Gasteiger charge is -2.26. The molecular formula is C26H28N2O3S. The number of carbonyl (C=O) groups excluding carboxylic acids is 1. The van der Waals surface area contributed by atoms with Crippen molar-refractivity contribution in [1.29, 1.82) is 0 Å². The first kappa shape index (κ1) is 22.1. The van der Waals surface area contributed by atoms with Crippen LogP contribution in [0, 0.1) is 6.92 Å². The van der Waals surface area contributed by atoms with E-state index in [2.05, 4.69) is 17.4 Å². The summed E-state index contributed by atoms with van der Waals surface area (Å²) in [5, 5.41) is 3.16. The van der Waals surface area contributed by atoms with Gasteiger partial charge in [-0.05, 0) is 72.7 Å². The zero-order chi connectivity index (χ0) is 22.7. The molecule has 0 unspecified atom stereocenters. The smallest absolute Gasteiger partial charge is 0.251 e. The highest BCUT2D eigenvalue weighted by Gasteiger charge is 2.22. The number of hydrogen-bond acceptors (Lipinski definition) is 3. The minimum absolute atomic E-state index is 0.0224. The monoisotopic (exact) mass is 448 g/mol. The van der Waals surface area contributed by atoms with E-state index in [1.807, 2.05) is 49.4 Å². The summed E-state index contributed by atoms with van der Waals surface area (Å²) in [6.45, 7) is 2.14. The van der Waals surface area contributed by atoms with E-state index < -0.39 is 10.0 Å². The van der Waals surface area contributed by atoms with Gasteiger partial charge in [0.2, 0.25) is 10.0 Å². The second-order valence-electron chi connectivity index (χ2n) is 8.42. The van der Waals surface area contributed by atoms with Crippen LogP contribution in [-0.4, -0.2) is 20.6 Å². The van der Waals surface area contributed by atoms with Crippen molar-refractivity contribution in [3.63, 3.8) is 0 Å². The van der Waals surface area contributed by atoms with Crippen molar-refractivity contribution in [3.05, 3.63) is 101 Å². The topological polar surface area (TPSA) is 66.5 Å². The normalized spacial score (nSPS) is 15.6. The van der Waals surface area contributed by atoms with Crippen molar-refractivity contribution in [2.75, 3.05) is 10.6 Å². The zero-order valence-corrected chi connectivity index (χ0v) is 19.2. The van der Waals surface area contributed by atoms with Gasteiger partial charge in [0.25, 0.3) is 5.91 Å². The first-order valence-corrected chi connectivity index (χ1v) is 12.7. The molecule has 1 N–H and O–H groups in total. The second kappa shape index (κ2) is 9.17. The maximum absolute atomic E-state index is 12.9. The third-order valence-electron chi connectivity index (χ3n) is 5.91. The molecule has 0 fully saturated rings. The number of nitrogens with one attached hydrogen (secondary N) is 1. The summed E-state index contributed by atoms with van der Waals surface area (Å²) in [5.41, 5.74) is 5.51. The van der Waals surface area contributed by atoms with E-state index in [0.29, 0.717) is 11.3 Å². The van der Waals surface area contributed by atoms with Gasteiger partial charge >= 0.3 is 0 Å². The van der Waals surface area contributed by atoms with Gasteiger partial charge in [-0.15, -0.1) is 0 Å². The largest absolute Gasteiger partial charge is 0.345 e. The Hall–Kier alpha value is -3.12. The molecule has 166 valence electrons. The Labute approximate surface area is 190 Å². The van der Waals surface area contributed by atoms with Gasteiger partial charge in [0.05, 0.1) is 24.5 Å². The number of fused-ring (bicyclic) bond motifs is 1. The predicted octanol–water partition coefficient (Wildman–Crippen LogP) is 4.77. The minimum Gasteiger partial charge on any atom is -0.345 e. The molecule has 0 aliphatic heterocycles. The van der Waals surface area contributed by atoms with Crippen molar-refractivity contribution < 1.29 is 13.2 Å². The number of amides is 1. The lowest BCUT2D eigenvalue weighted by atomic mass is 9.87. The molecule has 3 aromatic rings. The minimum atomic E-state index is -3.45. The lowest BCUT2D eigenvalue weighted by Crippen LogP contribution is -2.31. The quantitative estimate of drug-likeness (QED) is 0.591. The maximum atomic E-state index is 12.9. The maximum Gasteiger partial charge on any atom is 0.251 e. The molecule has 1 atom stereocenters. The fourth-order valence-electron chi connectivity index (χ4n) is 4.26. The number of benzene rings is 3. The number of sulfonamides is 1. The average Bonchev–Trinajstić information content (AvgIpc) is 2.77. The van der Waals surface area contributed by atoms with Crippen LogP contribution in [0.3, 0.4) is 0 Å². The molecule has 1 aliphatic rings. The highest BCUT2D eigenvalue weighted by molar-refractivity contribution is 7.92. The van der Waals surface area contributed by atoms with E-state index in [9.17, 15) is 13.2 Å². The summed E-state index contributed by atoms with van der Waals surface area (Å²) >= 11 is 0. The van der Waals surface area contributed by atoms with E-state index >= 15 is 0 Å². The average molecular weight is 449 g/mol. The standard InChI is InChI=1S/C26H28N2O3S/c1-19-7-5-10-23(17-19)28(32(2,30)31)18-20-13-15-22(16-14-20)26(29)27-25-12-6-9-21-8-3-4-11-24(21)25/h3-5,7-8,10-11,13-17,25H,6,9,12,18H2,1-2H3,(H,27,29)/t25-/m1/s1. The van der Waals surface area contributed by atoms with Gasteiger partial charge in [0.15, 0.2) is 0 Å². The molecule has 1 amide bonds. The van der Waals surface area contributed by atoms with Crippen molar-refractivity contribution in [1.82, 2.24) is 5.32 Å². The lowest BCUT2D eigenvalue weighted by molar-refractivity contribution is 0.0932. The molecule has 0 saturated carbocycles. The molecule has 3 aromatic carbocycles. The molecule has 0 aromatic heterocycles. The van der Waals surface area contributed by atoms with Crippen LogP contribution in [0.25, 0.3) is 0 Å². The number of aryl methyl sites for hydroxylation is 2. The molecule has 5 nitrogen and oxygen atoms in total. The van der Waals surface area contributed by atoms with Crippen molar-refractivity contribution in [2.45, 2.75) is 38.8 Å². The third kappa shape index (κ3) is 5.02. The van der Waals surface area contributed by atoms with Crippen LogP contribution in [-0.2, 0) is 23.0 Å². The molecule has 0 bridgehead atoms. The van der Waals surface area contributed by atoms with Gasteiger partial charge in [0, 0.05) is 5.56 Å². The molecule has 0 saturated heterocycles. The van der Waals surface area contributed by atoms with Crippen LogP contribution in [0.1, 0.15) is 51.5 Å². The number of hydrogen-bond donors (Lipinski definition) is 1. The van der Waals surface area contributed by atoms with Crippen LogP contribution in [0.5, 0.6) is 0 Å². The summed E-state index contributed by atoms with van der Waals surface area (Å²) in [4.78, 5) is 12.9. The van der Waals surface area contributed by atoms with E-state index in [-0.39, 0.29) is 18.5 Å². The highest BCUT2D eigenvalue weighted by atomic mass is 32.2. The summed E-state index contributed by atoms with van der Waals surface area (Å²) in [5.74, 6) is -0.114. The van der Waals surface area contributed by atoms with Crippen molar-refractivity contribution >= 4 is 21.6 Å². The first-order valence-electron chi connectivity index (χ1n) is 10.8. The van der Waals surface area contributed by atoms with Crippen LogP contribution in [0.4, 0.5) is 5.69 Å². The number of carbonyl (C=O) groups is 1. The molecule has 6 heteroatoms. The molecule has 0 radical (unpaired) electrons. The Morgan fingerprint density at radius 3 is 2.50 bits per heavy atom. The Morgan fingerprint density at radius 2 is 1.78 bits per heavy atom. The van der Waals surface area contributed by atoms with E-state index in [1.54, 1.807) is 18.2 Å². The van der Waals surface area contributed by atoms with Crippen molar-refractivity contribution in [3.8, 4) is 0 Å². The third-order valence-corrected chi connectivity index (χ3v) is 7.05. The van der Waals surface area contributed by atoms with Gasteiger partial charge < -0.3 is 5.32 Å². The van der Waals surface area contributed by atoms with Gasteiger partial charge in [-0.3, -0.25) is 9.10 Å². The fourth-order valence-corrected chi connectivity index (χ4v) is 5.14. The Bertz CT molecular complexity index is 1220. The number of anilines is 1. The van der Waals surface area contributed by atoms with Crippen LogP contribution >= 0.6 is 0 Å². The molecule has 32 heavy (non-hydrogen) atoms. The highest BCUT2D eigenvalue weighted by Crippen LogP contribution is 2.29. The Kier molecular flexibility index (Phi) is 6.33. The molecule has 0 heterocycles. The van der Waals surface area contributed by atoms with E-state index in [0.717, 1.165) is 30.4 Å². The zero-order valence-electron chi connectivity index (χ0n) is 18.4. The summed E-state index contributed by atoms with van der Waals surface area (Å²) in [6, 6.07) is 22.9. The van der Waals surface area contributed by atoms with Crippen LogP contribution < -0.4 is 9.62 Å². The molecule has 1 aliphatic carbocycles. The summed E-state index contributed by atoms with van der Waals surface area (Å²) < 4.78 is 26.2. The number of nitrogens with zero attached hydrogens (tertiary/aromatic N) is 1. The van der Waals surface area contributed by atoms with Gasteiger partial charge in [0.1, 0.15) is 0 Å². The Morgan fingerprint density at radius 1 is 1.03 bits per heavy atom. The van der Waals surface area contributed by atoms with Gasteiger partial charge in [-0.2, -0.15) is 0 Å². The number of rotatable bonds is 6. The Balaban J connectivity index is 1.48. The van der Waals surface area contributed by atoms with E-state index in [1.165, 1.54) is 21.7 Å². The summed E-state index contributed by atoms with van der Waals surface area (Å²) in [7, 11) is -3.45. The van der Waals surface area contributed by atoms with Crippen LogP contribution in [0.15, 0.2) is 72.8 Å². The second-order valence-corrected chi connectivity index (χ2v) is 10.3. The van der Waals surface area contributed by atoms with Crippen LogP contribution in [0.2, 0.25) is 0 Å². The van der Waals surface area contributed by atoms with Gasteiger partial charge in [-0.1, -0.05) is 48.5 Å². The SMILES string of the molecule is Cc1cccc(N(Cc2ccc(C(=O)N[C@@H]3CCCc4ccccc43)cc2)S(C)(=O)=O)c1. The first-order chi connectivity index (χ1) is 15.3. The van der Waals surface area contributed by atoms with Crippen molar-refractivity contribution in [2.24, 2.45) is 0 Å². The van der Waals surface area contributed by atoms with Gasteiger partial charge in [-0.25, -0.2) is 8.42 Å². The molecular weight excluding hydrogens is 420 g/mol. The van der Waals surface area contributed by atoms with E-state index in [4.69, 9.17) is 0 Å². The molecule has 0 spiro atoms. The fraction of sp³-hybridized carbons (Fsp3) is 0.269. The summed E-state index contributed by atoms with van der Waals surface area (Å²) in [6.07, 6.45) is 4.25. The molecule has 4 rings (SSSR count).